The Morgan fingerprint density at radius 3 is 1.14 bits per heavy atom. The minimum atomic E-state index is -1.07. The lowest BCUT2D eigenvalue weighted by atomic mass is 10.9. The standard InChI is InChI=1S/C10H29NSi3/c1-9-12(10-2)11(13(3,4)5)14(6,7)8/h12H,9-10H2,1-8H3. The van der Waals surface area contributed by atoms with E-state index in [2.05, 4.69) is 57.0 Å². The van der Waals surface area contributed by atoms with Crippen molar-refractivity contribution in [3.8, 4) is 0 Å². The van der Waals surface area contributed by atoms with Gasteiger partial charge < -0.3 is 3.90 Å². The van der Waals surface area contributed by atoms with Gasteiger partial charge in [0.25, 0.3) is 0 Å². The van der Waals surface area contributed by atoms with Crippen molar-refractivity contribution in [2.24, 2.45) is 0 Å². The molecule has 0 amide bonds. The van der Waals surface area contributed by atoms with Crippen LogP contribution in [0.2, 0.25) is 51.4 Å². The molecular formula is C10H29NSi3. The topological polar surface area (TPSA) is 3.24 Å². The van der Waals surface area contributed by atoms with Gasteiger partial charge in [0.15, 0.2) is 0 Å². The average Bonchev–Trinajstić information content (AvgIpc) is 1.94. The first-order valence-corrected chi connectivity index (χ1v) is 15.0. The molecule has 0 aromatic carbocycles. The zero-order valence-corrected chi connectivity index (χ0v) is 14.6. The summed E-state index contributed by atoms with van der Waals surface area (Å²) >= 11 is 0. The zero-order chi connectivity index (χ0) is 11.6. The summed E-state index contributed by atoms with van der Waals surface area (Å²) < 4.78 is 3.07. The molecule has 0 N–H and O–H groups in total. The molecule has 0 aromatic rings. The van der Waals surface area contributed by atoms with Gasteiger partial charge in [-0.1, -0.05) is 65.2 Å². The average molecular weight is 248 g/mol. The number of rotatable bonds is 5. The van der Waals surface area contributed by atoms with Crippen molar-refractivity contribution >= 4 is 25.4 Å². The van der Waals surface area contributed by atoms with Crippen molar-refractivity contribution in [1.82, 2.24) is 3.90 Å². The van der Waals surface area contributed by atoms with Crippen molar-refractivity contribution in [3.05, 3.63) is 0 Å². The summed E-state index contributed by atoms with van der Waals surface area (Å²) in [5, 5.41) is 0. The van der Waals surface area contributed by atoms with Gasteiger partial charge in [-0.15, -0.1) is 0 Å². The van der Waals surface area contributed by atoms with E-state index in [1.165, 1.54) is 12.1 Å². The Balaban J connectivity index is 4.91. The van der Waals surface area contributed by atoms with Crippen LogP contribution in [0.5, 0.6) is 0 Å². The fourth-order valence-corrected chi connectivity index (χ4v) is 23.1. The smallest absolute Gasteiger partial charge is 0.105 e. The Bertz CT molecular complexity index is 151. The van der Waals surface area contributed by atoms with Crippen LogP contribution >= 0.6 is 0 Å². The molecule has 0 saturated carbocycles. The zero-order valence-electron chi connectivity index (χ0n) is 11.4. The molecule has 0 atom stereocenters. The number of hydrogen-bond acceptors (Lipinski definition) is 1. The summed E-state index contributed by atoms with van der Waals surface area (Å²) in [6, 6.07) is 2.90. The third-order valence-corrected chi connectivity index (χ3v) is 19.1. The quantitative estimate of drug-likeness (QED) is 0.669. The molecular weight excluding hydrogens is 218 g/mol. The van der Waals surface area contributed by atoms with Crippen LogP contribution in [0.25, 0.3) is 0 Å². The van der Waals surface area contributed by atoms with Crippen molar-refractivity contribution in [3.63, 3.8) is 0 Å². The second kappa shape index (κ2) is 5.10. The Kier molecular flexibility index (Phi) is 5.32. The first-order chi connectivity index (χ1) is 6.14. The van der Waals surface area contributed by atoms with Crippen molar-refractivity contribution in [2.45, 2.75) is 65.2 Å². The SMILES string of the molecule is CC[SiH](CC)N([Si](C)(C)C)[Si](C)(C)C. The van der Waals surface area contributed by atoms with Crippen molar-refractivity contribution in [2.75, 3.05) is 0 Å². The van der Waals surface area contributed by atoms with Crippen LogP contribution in [0.15, 0.2) is 0 Å². The summed E-state index contributed by atoms with van der Waals surface area (Å²) in [6.45, 7) is 19.9. The number of hydrogen-bond donors (Lipinski definition) is 0. The molecule has 0 aliphatic rings. The lowest BCUT2D eigenvalue weighted by Gasteiger charge is -2.48. The summed E-state index contributed by atoms with van der Waals surface area (Å²) in [5.74, 6) is 0. The molecule has 0 heterocycles. The molecule has 0 aromatic heterocycles. The van der Waals surface area contributed by atoms with Gasteiger partial charge >= 0.3 is 0 Å². The van der Waals surface area contributed by atoms with Crippen LogP contribution in [-0.4, -0.2) is 29.3 Å². The van der Waals surface area contributed by atoms with E-state index in [1.54, 1.807) is 0 Å². The molecule has 0 saturated heterocycles. The van der Waals surface area contributed by atoms with Crippen LogP contribution in [0.4, 0.5) is 0 Å². The lowest BCUT2D eigenvalue weighted by molar-refractivity contribution is 0.897. The highest BCUT2D eigenvalue weighted by Crippen LogP contribution is 2.24. The van der Waals surface area contributed by atoms with Crippen LogP contribution in [0, 0.1) is 0 Å². The molecule has 0 radical (unpaired) electrons. The molecule has 14 heavy (non-hydrogen) atoms. The van der Waals surface area contributed by atoms with E-state index in [0.29, 0.717) is 0 Å². The Morgan fingerprint density at radius 1 is 0.786 bits per heavy atom. The van der Waals surface area contributed by atoms with E-state index in [4.69, 9.17) is 0 Å². The van der Waals surface area contributed by atoms with Gasteiger partial charge in [-0.05, 0) is 0 Å². The van der Waals surface area contributed by atoms with E-state index in [9.17, 15) is 0 Å². The van der Waals surface area contributed by atoms with Gasteiger partial charge in [0.05, 0.1) is 8.96 Å². The maximum atomic E-state index is 3.07. The molecule has 0 bridgehead atoms. The minimum Gasteiger partial charge on any atom is -0.371 e. The summed E-state index contributed by atoms with van der Waals surface area (Å²) in [5.41, 5.74) is 0. The Morgan fingerprint density at radius 2 is 1.07 bits per heavy atom. The van der Waals surface area contributed by atoms with E-state index in [0.717, 1.165) is 0 Å². The maximum Gasteiger partial charge on any atom is 0.105 e. The van der Waals surface area contributed by atoms with Crippen molar-refractivity contribution in [1.29, 1.82) is 0 Å². The van der Waals surface area contributed by atoms with Crippen LogP contribution in [0.3, 0.4) is 0 Å². The molecule has 0 fully saturated rings. The van der Waals surface area contributed by atoms with E-state index in [-0.39, 0.29) is 0 Å². The predicted octanol–water partition coefficient (Wildman–Crippen LogP) is 3.72. The van der Waals surface area contributed by atoms with E-state index >= 15 is 0 Å². The highest BCUT2D eigenvalue weighted by molar-refractivity contribution is 6.99. The fourth-order valence-electron chi connectivity index (χ4n) is 2.76. The van der Waals surface area contributed by atoms with Gasteiger partial charge in [-0.2, -0.15) is 0 Å². The molecule has 4 heteroatoms. The first kappa shape index (κ1) is 14.6. The predicted molar refractivity (Wildman–Crippen MR) is 76.6 cm³/mol. The minimum absolute atomic E-state index is 0.600. The summed E-state index contributed by atoms with van der Waals surface area (Å²) in [6.07, 6.45) is 0. The lowest BCUT2D eigenvalue weighted by Crippen LogP contribution is -2.64. The monoisotopic (exact) mass is 247 g/mol. The summed E-state index contributed by atoms with van der Waals surface area (Å²) in [7, 11) is -2.74. The Labute approximate surface area is 94.8 Å². The summed E-state index contributed by atoms with van der Waals surface area (Å²) in [4.78, 5) is 0. The normalized spacial score (nSPS) is 14.1. The third-order valence-electron chi connectivity index (χ3n) is 2.75. The van der Waals surface area contributed by atoms with E-state index in [1.807, 2.05) is 0 Å². The van der Waals surface area contributed by atoms with Gasteiger partial charge in [-0.25, -0.2) is 0 Å². The third kappa shape index (κ3) is 4.00. The molecule has 0 unspecified atom stereocenters. The molecule has 86 valence electrons. The van der Waals surface area contributed by atoms with Crippen LogP contribution in [0.1, 0.15) is 13.8 Å². The Hall–Kier alpha value is 0.611. The highest BCUT2D eigenvalue weighted by Gasteiger charge is 2.37. The molecule has 1 nitrogen and oxygen atoms in total. The van der Waals surface area contributed by atoms with E-state index < -0.39 is 25.4 Å². The largest absolute Gasteiger partial charge is 0.371 e. The second-order valence-electron chi connectivity index (χ2n) is 6.18. The molecule has 0 aliphatic carbocycles. The van der Waals surface area contributed by atoms with Crippen LogP contribution in [-0.2, 0) is 0 Å². The van der Waals surface area contributed by atoms with Crippen molar-refractivity contribution < 1.29 is 0 Å². The molecule has 0 rings (SSSR count). The van der Waals surface area contributed by atoms with Gasteiger partial charge in [0.2, 0.25) is 0 Å². The maximum absolute atomic E-state index is 3.07. The first-order valence-electron chi connectivity index (χ1n) is 5.94. The second-order valence-corrected chi connectivity index (χ2v) is 20.8. The van der Waals surface area contributed by atoms with Crippen LogP contribution < -0.4 is 0 Å². The molecule has 0 aliphatic heterocycles. The fraction of sp³-hybridized carbons (Fsp3) is 1.00. The highest BCUT2D eigenvalue weighted by atomic mass is 28.5. The molecule has 0 spiro atoms. The van der Waals surface area contributed by atoms with Gasteiger partial charge in [0.1, 0.15) is 16.5 Å². The van der Waals surface area contributed by atoms with Gasteiger partial charge in [-0.3, -0.25) is 0 Å². The number of nitrogens with zero attached hydrogens (tertiary/aromatic N) is 1. The van der Waals surface area contributed by atoms with Gasteiger partial charge in [0, 0.05) is 0 Å².